The molecule has 1 aromatic carbocycles. The second-order valence-corrected chi connectivity index (χ2v) is 6.85. The number of guanidine groups is 1. The summed E-state index contributed by atoms with van der Waals surface area (Å²) in [6, 6.07) is 11.1. The number of nitrogens with zero attached hydrogens (tertiary/aromatic N) is 4. The van der Waals surface area contributed by atoms with Crippen LogP contribution in [0.2, 0.25) is 0 Å². The molecule has 0 radical (unpaired) electrons. The Morgan fingerprint density at radius 3 is 2.67 bits per heavy atom. The summed E-state index contributed by atoms with van der Waals surface area (Å²) in [7, 11) is 3.48. The van der Waals surface area contributed by atoms with E-state index in [1.165, 1.54) is 0 Å². The number of hydrogen-bond acceptors (Lipinski definition) is 5. The predicted octanol–water partition coefficient (Wildman–Crippen LogP) is 2.06. The molecule has 0 spiro atoms. The van der Waals surface area contributed by atoms with Crippen molar-refractivity contribution in [2.24, 2.45) is 4.99 Å². The minimum atomic E-state index is -0.0114. The van der Waals surface area contributed by atoms with Gasteiger partial charge in [0.1, 0.15) is 5.82 Å². The Morgan fingerprint density at radius 1 is 1.20 bits per heavy atom. The lowest BCUT2D eigenvalue weighted by molar-refractivity contribution is 0.0827. The van der Waals surface area contributed by atoms with Gasteiger partial charge in [-0.2, -0.15) is 5.10 Å². The van der Waals surface area contributed by atoms with Crippen LogP contribution in [0.5, 0.6) is 0 Å². The van der Waals surface area contributed by atoms with Crippen LogP contribution in [0.1, 0.15) is 28.7 Å². The Morgan fingerprint density at radius 2 is 2.00 bits per heavy atom. The minimum absolute atomic E-state index is 0.0114. The summed E-state index contributed by atoms with van der Waals surface area (Å²) in [4.78, 5) is 22.6. The highest BCUT2D eigenvalue weighted by Crippen LogP contribution is 2.14. The fraction of sp³-hybridized carbons (Fsp3) is 0.333. The monoisotopic (exact) mass is 409 g/mol. The quantitative estimate of drug-likeness (QED) is 0.388. The first-order valence-corrected chi connectivity index (χ1v) is 9.84. The summed E-state index contributed by atoms with van der Waals surface area (Å²) >= 11 is 0. The molecule has 1 amide bonds. The van der Waals surface area contributed by atoms with Crippen molar-refractivity contribution in [2.45, 2.75) is 19.9 Å². The van der Waals surface area contributed by atoms with E-state index in [1.54, 1.807) is 31.3 Å². The lowest BCUT2D eigenvalue weighted by Gasteiger charge is -2.11. The highest BCUT2D eigenvalue weighted by molar-refractivity contribution is 5.93. The fourth-order valence-electron chi connectivity index (χ4n) is 2.75. The number of rotatable bonds is 8. The van der Waals surface area contributed by atoms with Crippen LogP contribution >= 0.6 is 0 Å². The number of amides is 1. The van der Waals surface area contributed by atoms with E-state index in [0.29, 0.717) is 36.7 Å². The van der Waals surface area contributed by atoms with Crippen molar-refractivity contribution in [2.75, 3.05) is 27.2 Å². The molecule has 0 fully saturated rings. The Balaban J connectivity index is 1.52. The molecule has 3 rings (SSSR count). The normalized spacial score (nSPS) is 11.4. The molecule has 3 N–H and O–H groups in total. The van der Waals surface area contributed by atoms with Crippen LogP contribution in [-0.2, 0) is 13.0 Å². The Labute approximate surface area is 175 Å². The summed E-state index contributed by atoms with van der Waals surface area (Å²) in [5.74, 6) is 2.66. The predicted molar refractivity (Wildman–Crippen MR) is 115 cm³/mol. The van der Waals surface area contributed by atoms with Crippen molar-refractivity contribution in [3.8, 4) is 11.6 Å². The molecule has 158 valence electrons. The first-order chi connectivity index (χ1) is 14.6. The third-order valence-corrected chi connectivity index (χ3v) is 4.30. The van der Waals surface area contributed by atoms with Gasteiger partial charge in [-0.3, -0.25) is 9.89 Å². The summed E-state index contributed by atoms with van der Waals surface area (Å²) in [5, 5.41) is 13.6. The van der Waals surface area contributed by atoms with Gasteiger partial charge < -0.3 is 20.0 Å². The van der Waals surface area contributed by atoms with Crippen molar-refractivity contribution >= 4 is 11.9 Å². The topological polar surface area (TPSA) is 111 Å². The van der Waals surface area contributed by atoms with Crippen LogP contribution in [0.25, 0.3) is 11.6 Å². The molecular formula is C21H27N7O2. The van der Waals surface area contributed by atoms with Gasteiger partial charge in [0.2, 0.25) is 5.82 Å². The van der Waals surface area contributed by atoms with Gasteiger partial charge in [0, 0.05) is 39.2 Å². The van der Waals surface area contributed by atoms with Crippen LogP contribution in [0.4, 0.5) is 0 Å². The number of hydrogen-bond donors (Lipinski definition) is 3. The Bertz CT molecular complexity index is 960. The van der Waals surface area contributed by atoms with Crippen molar-refractivity contribution < 1.29 is 9.21 Å². The Hall–Kier alpha value is -3.62. The van der Waals surface area contributed by atoms with E-state index in [1.807, 2.05) is 37.3 Å². The third-order valence-electron chi connectivity index (χ3n) is 4.30. The van der Waals surface area contributed by atoms with Crippen LogP contribution < -0.4 is 10.6 Å². The molecule has 2 aromatic heterocycles. The molecule has 9 heteroatoms. The van der Waals surface area contributed by atoms with Crippen LogP contribution in [0, 0.1) is 0 Å². The van der Waals surface area contributed by atoms with E-state index >= 15 is 0 Å². The Kier molecular flexibility index (Phi) is 7.20. The number of carbonyl (C=O) groups is 1. The number of aromatic amines is 1. The number of aliphatic imine (C=N–C) groups is 1. The summed E-state index contributed by atoms with van der Waals surface area (Å²) in [6.07, 6.45) is 2.26. The number of furan rings is 1. The van der Waals surface area contributed by atoms with E-state index in [-0.39, 0.29) is 5.91 Å². The standard InChI is InChI=1S/C21H27N7O2/c1-4-22-21(24-14-15-7-9-16(10-8-15)20(29)28(2)3)23-12-11-18-25-19(27-26-18)17-6-5-13-30-17/h5-10,13H,4,11-12,14H2,1-3H3,(H2,22,23,24)(H,25,26,27). The smallest absolute Gasteiger partial charge is 0.253 e. The summed E-state index contributed by atoms with van der Waals surface area (Å²) < 4.78 is 5.30. The molecule has 0 aliphatic rings. The zero-order valence-corrected chi connectivity index (χ0v) is 17.5. The fourth-order valence-corrected chi connectivity index (χ4v) is 2.75. The highest BCUT2D eigenvalue weighted by atomic mass is 16.3. The van der Waals surface area contributed by atoms with Gasteiger partial charge in [0.25, 0.3) is 5.91 Å². The highest BCUT2D eigenvalue weighted by Gasteiger charge is 2.09. The van der Waals surface area contributed by atoms with Gasteiger partial charge in [-0.05, 0) is 36.8 Å². The van der Waals surface area contributed by atoms with Crippen LogP contribution in [0.3, 0.4) is 0 Å². The van der Waals surface area contributed by atoms with E-state index in [4.69, 9.17) is 4.42 Å². The van der Waals surface area contributed by atoms with Crippen molar-refractivity contribution in [3.05, 3.63) is 59.6 Å². The molecule has 2 heterocycles. The number of carbonyl (C=O) groups excluding carboxylic acids is 1. The van der Waals surface area contributed by atoms with Gasteiger partial charge in [-0.25, -0.2) is 9.98 Å². The SMILES string of the molecule is CCNC(=NCc1ccc(C(=O)N(C)C)cc1)NCCc1nc(-c2ccco2)n[nH]1. The van der Waals surface area contributed by atoms with E-state index in [9.17, 15) is 4.79 Å². The molecule has 3 aromatic rings. The van der Waals surface area contributed by atoms with Crippen LogP contribution in [-0.4, -0.2) is 59.1 Å². The van der Waals surface area contributed by atoms with E-state index in [0.717, 1.165) is 23.9 Å². The third kappa shape index (κ3) is 5.69. The second-order valence-electron chi connectivity index (χ2n) is 6.85. The van der Waals surface area contributed by atoms with Crippen molar-refractivity contribution in [1.29, 1.82) is 0 Å². The maximum atomic E-state index is 12.0. The average Bonchev–Trinajstić information content (AvgIpc) is 3.43. The lowest BCUT2D eigenvalue weighted by atomic mass is 10.1. The maximum absolute atomic E-state index is 12.0. The van der Waals surface area contributed by atoms with E-state index in [2.05, 4.69) is 30.8 Å². The van der Waals surface area contributed by atoms with E-state index < -0.39 is 0 Å². The van der Waals surface area contributed by atoms with Crippen molar-refractivity contribution in [3.63, 3.8) is 0 Å². The molecule has 0 saturated heterocycles. The van der Waals surface area contributed by atoms with Gasteiger partial charge in [0.15, 0.2) is 11.7 Å². The summed E-state index contributed by atoms with van der Waals surface area (Å²) in [5.41, 5.74) is 1.69. The van der Waals surface area contributed by atoms with Crippen molar-refractivity contribution in [1.82, 2.24) is 30.7 Å². The number of benzene rings is 1. The largest absolute Gasteiger partial charge is 0.461 e. The molecule has 0 bridgehead atoms. The molecule has 0 saturated carbocycles. The first-order valence-electron chi connectivity index (χ1n) is 9.84. The maximum Gasteiger partial charge on any atom is 0.253 e. The average molecular weight is 409 g/mol. The molecule has 9 nitrogen and oxygen atoms in total. The minimum Gasteiger partial charge on any atom is -0.461 e. The molecule has 0 atom stereocenters. The molecular weight excluding hydrogens is 382 g/mol. The first kappa shape index (κ1) is 21.1. The van der Waals surface area contributed by atoms with Crippen LogP contribution in [0.15, 0.2) is 52.1 Å². The number of aromatic nitrogens is 3. The molecule has 0 aliphatic heterocycles. The summed E-state index contributed by atoms with van der Waals surface area (Å²) in [6.45, 7) is 3.93. The van der Waals surface area contributed by atoms with Gasteiger partial charge in [-0.1, -0.05) is 12.1 Å². The molecule has 30 heavy (non-hydrogen) atoms. The molecule has 0 aliphatic carbocycles. The zero-order chi connectivity index (χ0) is 21.3. The second kappa shape index (κ2) is 10.2. The lowest BCUT2D eigenvalue weighted by Crippen LogP contribution is -2.38. The molecule has 0 unspecified atom stereocenters. The number of nitrogens with one attached hydrogen (secondary N) is 3. The van der Waals surface area contributed by atoms with Gasteiger partial charge in [0.05, 0.1) is 12.8 Å². The number of H-pyrrole nitrogens is 1. The van der Waals surface area contributed by atoms with Gasteiger partial charge in [-0.15, -0.1) is 0 Å². The zero-order valence-electron chi connectivity index (χ0n) is 17.5. The van der Waals surface area contributed by atoms with Gasteiger partial charge >= 0.3 is 0 Å².